The van der Waals surface area contributed by atoms with Gasteiger partial charge in [0.15, 0.2) is 0 Å². The highest BCUT2D eigenvalue weighted by Gasteiger charge is 2.43. The predicted octanol–water partition coefficient (Wildman–Crippen LogP) is 7.77. The first-order chi connectivity index (χ1) is 24.8. The number of likely N-dealkylation sites (tertiary alicyclic amines) is 2. The molecule has 0 aliphatic carbocycles. The third-order valence-electron chi connectivity index (χ3n) is 9.66. The second-order valence-corrected chi connectivity index (χ2v) is 13.3. The molecule has 6 rings (SSSR count). The number of ether oxygens (including phenoxy) is 1. The molecule has 4 N–H and O–H groups in total. The van der Waals surface area contributed by atoms with E-state index < -0.39 is 57.9 Å². The molecule has 3 unspecified atom stereocenters. The number of aromatic nitrogens is 2. The van der Waals surface area contributed by atoms with E-state index in [0.29, 0.717) is 48.3 Å². The molecular formula is C37H36ClF5N6O3. The lowest BCUT2D eigenvalue weighted by atomic mass is 9.80. The zero-order valence-electron chi connectivity index (χ0n) is 28.0. The number of H-pyrrole nitrogens is 1. The third-order valence-corrected chi connectivity index (χ3v) is 9.95. The number of halogens is 6. The van der Waals surface area contributed by atoms with Crippen LogP contribution in [0.15, 0.2) is 72.9 Å². The molecule has 2 fully saturated rings. The molecule has 4 aromatic rings. The Hall–Kier alpha value is -4.79. The Morgan fingerprint density at radius 3 is 2.38 bits per heavy atom. The Labute approximate surface area is 301 Å². The zero-order chi connectivity index (χ0) is 37.2. The molecule has 52 heavy (non-hydrogen) atoms. The first kappa shape index (κ1) is 37.0. The summed E-state index contributed by atoms with van der Waals surface area (Å²) < 4.78 is 75.5. The maximum Gasteiger partial charge on any atom is 0.417 e. The minimum absolute atomic E-state index is 0.0448. The number of rotatable bonds is 7. The maximum atomic E-state index is 15.1. The number of carbonyl (C=O) groups excluding carboxylic acids is 2. The van der Waals surface area contributed by atoms with Gasteiger partial charge in [-0.15, -0.1) is 0 Å². The van der Waals surface area contributed by atoms with E-state index in [1.54, 1.807) is 42.6 Å². The van der Waals surface area contributed by atoms with Crippen molar-refractivity contribution in [2.45, 2.75) is 49.5 Å². The molecule has 0 saturated carbocycles. The molecule has 2 amide bonds. The quantitative estimate of drug-likeness (QED) is 0.132. The number of carbonyl (C=O) groups is 2. The van der Waals surface area contributed by atoms with Gasteiger partial charge in [-0.25, -0.2) is 18.6 Å². The number of hydrogen-bond donors (Lipinski definition) is 3. The number of hydrogen-bond acceptors (Lipinski definition) is 6. The molecule has 3 heterocycles. The fourth-order valence-electron chi connectivity index (χ4n) is 6.96. The summed E-state index contributed by atoms with van der Waals surface area (Å²) in [4.78, 5) is 37.7. The number of nitrogens with two attached hydrogens (primary N) is 1. The lowest BCUT2D eigenvalue weighted by molar-refractivity contribution is -0.138. The first-order valence-electron chi connectivity index (χ1n) is 16.6. The number of amides is 2. The molecule has 1 aromatic heterocycles. The van der Waals surface area contributed by atoms with Gasteiger partial charge in [-0.3, -0.25) is 15.0 Å². The number of benzene rings is 3. The summed E-state index contributed by atoms with van der Waals surface area (Å²) >= 11 is 5.86. The largest absolute Gasteiger partial charge is 0.453 e. The number of anilines is 1. The van der Waals surface area contributed by atoms with Crippen LogP contribution in [0.2, 0.25) is 5.02 Å². The van der Waals surface area contributed by atoms with Gasteiger partial charge in [-0.2, -0.15) is 13.2 Å². The van der Waals surface area contributed by atoms with Gasteiger partial charge in [0, 0.05) is 41.9 Å². The highest BCUT2D eigenvalue weighted by atomic mass is 35.5. The van der Waals surface area contributed by atoms with Gasteiger partial charge in [-0.1, -0.05) is 35.9 Å². The van der Waals surface area contributed by atoms with E-state index in [0.717, 1.165) is 36.6 Å². The second kappa shape index (κ2) is 15.4. The van der Waals surface area contributed by atoms with Crippen molar-refractivity contribution >= 4 is 35.4 Å². The lowest BCUT2D eigenvalue weighted by Gasteiger charge is -2.48. The van der Waals surface area contributed by atoms with E-state index in [-0.39, 0.29) is 18.6 Å². The van der Waals surface area contributed by atoms with Crippen LogP contribution in [0.1, 0.15) is 53.7 Å². The van der Waals surface area contributed by atoms with E-state index in [1.807, 2.05) is 0 Å². The van der Waals surface area contributed by atoms with E-state index in [2.05, 4.69) is 24.9 Å². The Bertz CT molecular complexity index is 1930. The molecule has 3 atom stereocenters. The van der Waals surface area contributed by atoms with E-state index >= 15 is 4.39 Å². The van der Waals surface area contributed by atoms with Crippen LogP contribution in [0.3, 0.4) is 0 Å². The van der Waals surface area contributed by atoms with Gasteiger partial charge < -0.3 is 20.4 Å². The summed E-state index contributed by atoms with van der Waals surface area (Å²) in [6.45, 7) is 1.53. The summed E-state index contributed by atoms with van der Waals surface area (Å²) in [7, 11) is 1.25. The Morgan fingerprint density at radius 2 is 1.73 bits per heavy atom. The molecule has 9 nitrogen and oxygen atoms in total. The molecule has 0 spiro atoms. The second-order valence-electron chi connectivity index (χ2n) is 12.9. The molecule has 2 aliphatic rings. The Kier molecular flexibility index (Phi) is 11.0. The fraction of sp³-hybridized carbons (Fsp3) is 0.324. The smallest absolute Gasteiger partial charge is 0.417 e. The summed E-state index contributed by atoms with van der Waals surface area (Å²) in [6, 6.07) is 13.4. The predicted molar refractivity (Wildman–Crippen MR) is 186 cm³/mol. The molecule has 274 valence electrons. The summed E-state index contributed by atoms with van der Waals surface area (Å²) in [6.07, 6.45) is -0.178. The van der Waals surface area contributed by atoms with Crippen molar-refractivity contribution in [3.8, 4) is 11.3 Å². The monoisotopic (exact) mass is 742 g/mol. The number of methoxy groups -OCH3 is 1. The zero-order valence-corrected chi connectivity index (χ0v) is 28.7. The molecule has 15 heteroatoms. The van der Waals surface area contributed by atoms with Crippen molar-refractivity contribution in [2.24, 2.45) is 5.73 Å². The first-order valence-corrected chi connectivity index (χ1v) is 17.0. The normalized spacial score (nSPS) is 20.3. The van der Waals surface area contributed by atoms with Gasteiger partial charge in [-0.05, 0) is 86.0 Å². The van der Waals surface area contributed by atoms with Crippen LogP contribution in [-0.2, 0) is 15.7 Å². The van der Waals surface area contributed by atoms with Crippen molar-refractivity contribution in [3.63, 3.8) is 0 Å². The molecular weight excluding hydrogens is 707 g/mol. The summed E-state index contributed by atoms with van der Waals surface area (Å²) in [5.41, 5.74) is 6.57. The highest BCUT2D eigenvalue weighted by Crippen LogP contribution is 2.44. The van der Waals surface area contributed by atoms with Gasteiger partial charge >= 0.3 is 12.3 Å². The summed E-state index contributed by atoms with van der Waals surface area (Å²) in [5.74, 6) is -2.48. The average Bonchev–Trinajstić information content (AvgIpc) is 3.62. The minimum atomic E-state index is -4.91. The van der Waals surface area contributed by atoms with E-state index in [1.165, 1.54) is 24.1 Å². The summed E-state index contributed by atoms with van der Waals surface area (Å²) in [5, 5.41) is 2.06. The Morgan fingerprint density at radius 1 is 1.04 bits per heavy atom. The van der Waals surface area contributed by atoms with Gasteiger partial charge in [0.25, 0.3) is 0 Å². The molecule has 0 radical (unpaired) electrons. The van der Waals surface area contributed by atoms with Crippen LogP contribution in [0, 0.1) is 11.6 Å². The van der Waals surface area contributed by atoms with Crippen LogP contribution in [0.4, 0.5) is 32.4 Å². The number of nitrogens with zero attached hydrogens (tertiary/aromatic N) is 3. The molecule has 2 saturated heterocycles. The number of nitrogens with one attached hydrogen (secondary N) is 2. The van der Waals surface area contributed by atoms with Crippen LogP contribution >= 0.6 is 11.6 Å². The maximum absolute atomic E-state index is 15.1. The van der Waals surface area contributed by atoms with Crippen molar-refractivity contribution in [2.75, 3.05) is 32.1 Å². The molecule has 2 aliphatic heterocycles. The van der Waals surface area contributed by atoms with E-state index in [9.17, 15) is 27.2 Å². The minimum Gasteiger partial charge on any atom is -0.453 e. The fourth-order valence-corrected chi connectivity index (χ4v) is 7.12. The Balaban J connectivity index is 1.41. The average molecular weight is 743 g/mol. The molecule has 0 bridgehead atoms. The van der Waals surface area contributed by atoms with Crippen molar-refractivity contribution < 1.29 is 36.3 Å². The van der Waals surface area contributed by atoms with Crippen molar-refractivity contribution in [3.05, 3.63) is 112 Å². The number of imidazole rings is 1. The van der Waals surface area contributed by atoms with E-state index in [4.69, 9.17) is 17.3 Å². The van der Waals surface area contributed by atoms with Crippen LogP contribution in [0.5, 0.6) is 0 Å². The lowest BCUT2D eigenvalue weighted by Crippen LogP contribution is -2.55. The van der Waals surface area contributed by atoms with Gasteiger partial charge in [0.1, 0.15) is 17.5 Å². The SMILES string of the molecule is COC(=O)Nc1ccc(-c2cnc(C3C(c4ccc(F)cc4)CC(N4CCC(N)CC4)CN3C(=O)/C=C/c3c(C(F)(F)F)ccc(Cl)c3F)[nH]2)cc1. The molecule has 3 aromatic carbocycles. The standard InChI is InChI=1S/C37H36ClF5N6O3/c1-52-36(51)46-25-8-4-22(5-9-25)31-19-45-35(47-31)34-28(21-2-6-23(39)7-3-21)18-26(48-16-14-24(44)15-17-48)20-49(34)32(50)13-10-27-29(37(41,42)43)11-12-30(38)33(27)40/h2-13,19,24,26,28,34H,14-18,20,44H2,1H3,(H,45,47)(H,46,51)/b13-10+. The topological polar surface area (TPSA) is 117 Å². The van der Waals surface area contributed by atoms with Crippen molar-refractivity contribution in [1.82, 2.24) is 19.8 Å². The van der Waals surface area contributed by atoms with Gasteiger partial charge in [0.2, 0.25) is 5.91 Å². The number of alkyl halides is 3. The number of aromatic amines is 1. The van der Waals surface area contributed by atoms with Crippen LogP contribution in [-0.4, -0.2) is 70.6 Å². The highest BCUT2D eigenvalue weighted by molar-refractivity contribution is 6.31. The van der Waals surface area contributed by atoms with Crippen LogP contribution in [0.25, 0.3) is 17.3 Å². The number of piperidine rings is 2. The third kappa shape index (κ3) is 8.14. The van der Waals surface area contributed by atoms with Crippen molar-refractivity contribution in [1.29, 1.82) is 0 Å². The van der Waals surface area contributed by atoms with Crippen LogP contribution < -0.4 is 11.1 Å². The van der Waals surface area contributed by atoms with Gasteiger partial charge in [0.05, 0.1) is 35.6 Å².